The predicted octanol–water partition coefficient (Wildman–Crippen LogP) is 2.92. The highest BCUT2D eigenvalue weighted by atomic mass is 28.5. The Morgan fingerprint density at radius 1 is 0.333 bits per heavy atom. The molecule has 15 nitrogen and oxygen atoms in total. The normalized spacial score (nSPS) is 13.9. The predicted molar refractivity (Wildman–Crippen MR) is 178 cm³/mol. The molecule has 0 atom stereocenters. The molecule has 21 heteroatoms. The summed E-state index contributed by atoms with van der Waals surface area (Å²) in [6.07, 6.45) is 0. The second-order valence-corrected chi connectivity index (χ2v) is 36.0. The summed E-state index contributed by atoms with van der Waals surface area (Å²) in [6.45, 7) is 19.2. The SMILES string of the molecule is CO[Si](OC)(OC)N(c1nc(N([Si](C)(C)C)[Si](OC)(OC)OC)nc(N([Si](C)(C)C)[Si](OC)(OC)OC)n1)[Si](C)(C)C. The molecule has 0 bridgehead atoms. The second kappa shape index (κ2) is 14.6. The second-order valence-electron chi connectivity index (χ2n) is 12.2. The van der Waals surface area contributed by atoms with Crippen LogP contribution in [0.25, 0.3) is 0 Å². The first-order valence-electron chi connectivity index (χ1n) is 13.4. The zero-order valence-electron chi connectivity index (χ0n) is 28.9. The Labute approximate surface area is 259 Å². The van der Waals surface area contributed by atoms with E-state index in [1.165, 1.54) is 0 Å². The van der Waals surface area contributed by atoms with Crippen LogP contribution >= 0.6 is 0 Å². The quantitative estimate of drug-likeness (QED) is 0.208. The zero-order valence-corrected chi connectivity index (χ0v) is 34.9. The standard InChI is InChI=1S/C21H54N6O9Si6/c1-28-40(29-2,30-3)25(37(10,11)12)19-22-20(26(38(13,14)15)41(31-4,32-5)33-6)24-21(23-19)27(39(16,17)18)42(34-7,35-8)36-9/h1-18H3. The molecule has 0 fully saturated rings. The van der Waals surface area contributed by atoms with Gasteiger partial charge >= 0.3 is 26.9 Å². The van der Waals surface area contributed by atoms with Crippen molar-refractivity contribution in [1.29, 1.82) is 0 Å². The maximum Gasteiger partial charge on any atom is 0.626 e. The molecule has 246 valence electrons. The van der Waals surface area contributed by atoms with Crippen molar-refractivity contribution in [3.8, 4) is 0 Å². The number of hydrogen-bond acceptors (Lipinski definition) is 15. The Hall–Kier alpha value is -0.649. The van der Waals surface area contributed by atoms with Crippen LogP contribution in [0.1, 0.15) is 0 Å². The summed E-state index contributed by atoms with van der Waals surface area (Å²) >= 11 is 0. The van der Waals surface area contributed by atoms with Crippen molar-refractivity contribution >= 4 is 69.4 Å². The van der Waals surface area contributed by atoms with Gasteiger partial charge in [-0.05, 0) is 0 Å². The number of nitrogens with zero attached hydrogens (tertiary/aromatic N) is 6. The van der Waals surface area contributed by atoms with Gasteiger partial charge in [0.05, 0.1) is 0 Å². The first kappa shape index (κ1) is 39.4. The Balaban J connectivity index is 4.55. The van der Waals surface area contributed by atoms with Gasteiger partial charge in [-0.25, -0.2) is 0 Å². The molecule has 0 aliphatic heterocycles. The fourth-order valence-electron chi connectivity index (χ4n) is 4.71. The first-order chi connectivity index (χ1) is 19.2. The summed E-state index contributed by atoms with van der Waals surface area (Å²) in [5, 5.41) is 0. The maximum atomic E-state index is 5.99. The number of aromatic nitrogens is 3. The van der Waals surface area contributed by atoms with Crippen LogP contribution in [-0.4, -0.2) is 131 Å². The third kappa shape index (κ3) is 7.76. The molecule has 1 aromatic rings. The van der Waals surface area contributed by atoms with E-state index in [0.29, 0.717) is 17.8 Å². The van der Waals surface area contributed by atoms with Gasteiger partial charge in [-0.1, -0.05) is 58.9 Å². The molecule has 0 N–H and O–H groups in total. The van der Waals surface area contributed by atoms with E-state index in [1.807, 2.05) is 12.7 Å². The van der Waals surface area contributed by atoms with E-state index >= 15 is 0 Å². The van der Waals surface area contributed by atoms with Gasteiger partial charge in [0.1, 0.15) is 24.7 Å². The summed E-state index contributed by atoms with van der Waals surface area (Å²) in [4.78, 5) is 15.2. The van der Waals surface area contributed by atoms with Crippen LogP contribution in [0, 0.1) is 0 Å². The number of rotatable bonds is 18. The Morgan fingerprint density at radius 2 is 0.476 bits per heavy atom. The van der Waals surface area contributed by atoms with Crippen molar-refractivity contribution in [1.82, 2.24) is 15.0 Å². The van der Waals surface area contributed by atoms with Crippen LogP contribution < -0.4 is 12.7 Å². The van der Waals surface area contributed by atoms with E-state index in [1.54, 1.807) is 64.0 Å². The molecule has 42 heavy (non-hydrogen) atoms. The van der Waals surface area contributed by atoms with Crippen LogP contribution in [0.15, 0.2) is 0 Å². The third-order valence-electron chi connectivity index (χ3n) is 6.36. The molecule has 0 saturated carbocycles. The van der Waals surface area contributed by atoms with Crippen molar-refractivity contribution in [3.05, 3.63) is 0 Å². The molecule has 1 heterocycles. The third-order valence-corrected chi connectivity index (χ3v) is 26.4. The molecule has 0 radical (unpaired) electrons. The van der Waals surface area contributed by atoms with Crippen molar-refractivity contribution in [2.45, 2.75) is 58.9 Å². The molecule has 0 saturated heterocycles. The van der Waals surface area contributed by atoms with Crippen molar-refractivity contribution in [2.24, 2.45) is 0 Å². The fraction of sp³-hybridized carbons (Fsp3) is 0.857. The van der Waals surface area contributed by atoms with Gasteiger partial charge in [-0.15, -0.1) is 0 Å². The Bertz CT molecular complexity index is 842. The highest BCUT2D eigenvalue weighted by Gasteiger charge is 2.58. The van der Waals surface area contributed by atoms with Crippen LogP contribution in [0.5, 0.6) is 0 Å². The Kier molecular flexibility index (Phi) is 13.7. The lowest BCUT2D eigenvalue weighted by Gasteiger charge is -2.46. The van der Waals surface area contributed by atoms with Gasteiger partial charge in [0.25, 0.3) is 0 Å². The van der Waals surface area contributed by atoms with Crippen LogP contribution in [-0.2, 0) is 39.8 Å². The van der Waals surface area contributed by atoms with Crippen LogP contribution in [0.2, 0.25) is 58.9 Å². The summed E-state index contributed by atoms with van der Waals surface area (Å²) in [6, 6.07) is 0. The molecule has 0 spiro atoms. The fourth-order valence-corrected chi connectivity index (χ4v) is 23.3. The minimum Gasteiger partial charge on any atom is -0.360 e. The lowest BCUT2D eigenvalue weighted by Crippen LogP contribution is -2.71. The minimum absolute atomic E-state index is 0.315. The first-order valence-corrected chi connectivity index (χ1v) is 28.7. The lowest BCUT2D eigenvalue weighted by molar-refractivity contribution is 0.125. The highest BCUT2D eigenvalue weighted by Crippen LogP contribution is 2.35. The van der Waals surface area contributed by atoms with Crippen LogP contribution in [0.4, 0.5) is 17.8 Å². The molecule has 0 aliphatic rings. The average Bonchev–Trinajstić information content (AvgIpc) is 2.90. The molecule has 0 aromatic carbocycles. The van der Waals surface area contributed by atoms with Crippen molar-refractivity contribution < 1.29 is 39.8 Å². The molecule has 0 unspecified atom stereocenters. The minimum atomic E-state index is -3.51. The largest absolute Gasteiger partial charge is 0.626 e. The van der Waals surface area contributed by atoms with Crippen molar-refractivity contribution in [3.63, 3.8) is 0 Å². The maximum absolute atomic E-state index is 5.99. The molecule has 0 amide bonds. The Morgan fingerprint density at radius 3 is 0.571 bits per heavy atom. The van der Waals surface area contributed by atoms with Gasteiger partial charge in [0.15, 0.2) is 0 Å². The highest BCUT2D eigenvalue weighted by molar-refractivity contribution is 6.95. The number of anilines is 3. The van der Waals surface area contributed by atoms with E-state index in [0.717, 1.165) is 0 Å². The van der Waals surface area contributed by atoms with Crippen molar-refractivity contribution in [2.75, 3.05) is 76.7 Å². The topological polar surface area (TPSA) is 131 Å². The average molecular weight is 703 g/mol. The lowest BCUT2D eigenvalue weighted by atomic mass is 10.8. The van der Waals surface area contributed by atoms with E-state index in [-0.39, 0.29) is 0 Å². The molecule has 1 aromatic heterocycles. The zero-order chi connectivity index (χ0) is 32.9. The smallest absolute Gasteiger partial charge is 0.360 e. The van der Waals surface area contributed by atoms with Gasteiger partial charge in [-0.2, -0.15) is 15.0 Å². The molecule has 1 rings (SSSR count). The molecular weight excluding hydrogens is 649 g/mol. The van der Waals surface area contributed by atoms with Crippen LogP contribution in [0.3, 0.4) is 0 Å². The van der Waals surface area contributed by atoms with E-state index < -0.39 is 51.6 Å². The summed E-state index contributed by atoms with van der Waals surface area (Å²) < 4.78 is 59.8. The summed E-state index contributed by atoms with van der Waals surface area (Å²) in [7, 11) is -3.60. The summed E-state index contributed by atoms with van der Waals surface area (Å²) in [5.74, 6) is 0.945. The van der Waals surface area contributed by atoms with E-state index in [4.69, 9.17) is 54.8 Å². The summed E-state index contributed by atoms with van der Waals surface area (Å²) in [5.41, 5.74) is 0. The van der Waals surface area contributed by atoms with E-state index in [9.17, 15) is 0 Å². The van der Waals surface area contributed by atoms with E-state index in [2.05, 4.69) is 58.9 Å². The van der Waals surface area contributed by atoms with Gasteiger partial charge in [0, 0.05) is 64.0 Å². The number of hydrogen-bond donors (Lipinski definition) is 0. The molecular formula is C21H54N6O9Si6. The van der Waals surface area contributed by atoms with Gasteiger partial charge < -0.3 is 52.5 Å². The monoisotopic (exact) mass is 702 g/mol. The molecule has 0 aliphatic carbocycles. The van der Waals surface area contributed by atoms with Gasteiger partial charge in [0.2, 0.25) is 17.8 Å². The van der Waals surface area contributed by atoms with Gasteiger partial charge in [-0.3, -0.25) is 0 Å².